The predicted molar refractivity (Wildman–Crippen MR) is 61.9 cm³/mol. The molecule has 0 aromatic heterocycles. The molecule has 78 valence electrons. The van der Waals surface area contributed by atoms with E-state index in [-0.39, 0.29) is 0 Å². The summed E-state index contributed by atoms with van der Waals surface area (Å²) < 4.78 is 0. The quantitative estimate of drug-likeness (QED) is 0.496. The molecule has 0 heteroatoms. The highest BCUT2D eigenvalue weighted by Gasteiger charge is 2.02. The van der Waals surface area contributed by atoms with Crippen molar-refractivity contribution in [2.24, 2.45) is 11.8 Å². The van der Waals surface area contributed by atoms with Crippen LogP contribution in [-0.2, 0) is 0 Å². The molecule has 0 nitrogen and oxygen atoms in total. The zero-order chi connectivity index (χ0) is 10.1. The molecule has 1 unspecified atom stereocenters. The molecule has 0 rings (SSSR count). The topological polar surface area (TPSA) is 0 Å². The van der Waals surface area contributed by atoms with Gasteiger partial charge in [-0.2, -0.15) is 0 Å². The molecule has 0 aliphatic rings. The smallest absolute Gasteiger partial charge is 0.0234 e. The molecule has 0 bridgehead atoms. The third kappa shape index (κ3) is 8.08. The molecule has 0 heterocycles. The fraction of sp³-hybridized carbons (Fsp3) is 0.846. The molecule has 0 radical (unpaired) electrons. The van der Waals surface area contributed by atoms with Gasteiger partial charge in [-0.1, -0.05) is 59.1 Å². The maximum Gasteiger partial charge on any atom is -0.0234 e. The van der Waals surface area contributed by atoms with Gasteiger partial charge in [0.05, 0.1) is 0 Å². The Labute approximate surface area is 84.4 Å². The van der Waals surface area contributed by atoms with Crippen LogP contribution in [0.2, 0.25) is 0 Å². The molecule has 0 N–H and O–H groups in total. The van der Waals surface area contributed by atoms with Gasteiger partial charge in [0, 0.05) is 0 Å². The summed E-state index contributed by atoms with van der Waals surface area (Å²) in [5, 5.41) is 0. The highest BCUT2D eigenvalue weighted by atomic mass is 14.1. The number of hydrogen-bond donors (Lipinski definition) is 0. The van der Waals surface area contributed by atoms with Crippen LogP contribution < -0.4 is 0 Å². The van der Waals surface area contributed by atoms with Gasteiger partial charge in [-0.05, 0) is 24.7 Å². The third-order valence-corrected chi connectivity index (χ3v) is 2.36. The van der Waals surface area contributed by atoms with Crippen molar-refractivity contribution in [3.63, 3.8) is 0 Å². The van der Waals surface area contributed by atoms with Crippen LogP contribution in [0.4, 0.5) is 0 Å². The lowest BCUT2D eigenvalue weighted by Crippen LogP contribution is -1.96. The van der Waals surface area contributed by atoms with Crippen molar-refractivity contribution in [2.45, 2.75) is 59.8 Å². The molecule has 1 atom stereocenters. The van der Waals surface area contributed by atoms with Crippen molar-refractivity contribution in [3.05, 3.63) is 12.2 Å². The summed E-state index contributed by atoms with van der Waals surface area (Å²) in [4.78, 5) is 0. The molecule has 0 spiro atoms. The van der Waals surface area contributed by atoms with Crippen LogP contribution in [0.15, 0.2) is 12.2 Å². The van der Waals surface area contributed by atoms with Gasteiger partial charge in [-0.15, -0.1) is 0 Å². The van der Waals surface area contributed by atoms with E-state index in [1.54, 1.807) is 0 Å². The Morgan fingerprint density at radius 2 is 1.62 bits per heavy atom. The van der Waals surface area contributed by atoms with Crippen LogP contribution in [0.3, 0.4) is 0 Å². The Balaban J connectivity index is 3.78. The Morgan fingerprint density at radius 1 is 0.923 bits per heavy atom. The number of rotatable bonds is 7. The van der Waals surface area contributed by atoms with E-state index in [9.17, 15) is 0 Å². The van der Waals surface area contributed by atoms with Crippen molar-refractivity contribution in [1.82, 2.24) is 0 Å². The number of hydrogen-bond acceptors (Lipinski definition) is 0. The summed E-state index contributed by atoms with van der Waals surface area (Å²) in [5.41, 5.74) is 0. The van der Waals surface area contributed by atoms with E-state index in [0.717, 1.165) is 5.92 Å². The molecule has 0 aliphatic carbocycles. The van der Waals surface area contributed by atoms with Gasteiger partial charge in [-0.25, -0.2) is 0 Å². The molecule has 0 aromatic carbocycles. The van der Waals surface area contributed by atoms with E-state index in [0.29, 0.717) is 5.92 Å². The van der Waals surface area contributed by atoms with Crippen molar-refractivity contribution in [1.29, 1.82) is 0 Å². The zero-order valence-corrected chi connectivity index (χ0v) is 9.84. The molecule has 0 aliphatic heterocycles. The summed E-state index contributed by atoms with van der Waals surface area (Å²) in [7, 11) is 0. The summed E-state index contributed by atoms with van der Waals surface area (Å²) in [5.74, 6) is 1.55. The summed E-state index contributed by atoms with van der Waals surface area (Å²) >= 11 is 0. The average Bonchev–Trinajstić information content (AvgIpc) is 2.09. The molecule has 0 amide bonds. The Hall–Kier alpha value is -0.260. The Kier molecular flexibility index (Phi) is 8.18. The van der Waals surface area contributed by atoms with Gasteiger partial charge in [0.1, 0.15) is 0 Å². The zero-order valence-electron chi connectivity index (χ0n) is 9.84. The average molecular weight is 182 g/mol. The summed E-state index contributed by atoms with van der Waals surface area (Å²) in [6.07, 6.45) is 11.6. The highest BCUT2D eigenvalue weighted by Crippen LogP contribution is 2.17. The molecule has 13 heavy (non-hydrogen) atoms. The largest absolute Gasteiger partial charge is 0.0857 e. The van der Waals surface area contributed by atoms with E-state index in [2.05, 4.69) is 39.8 Å². The van der Waals surface area contributed by atoms with E-state index in [1.165, 1.54) is 32.1 Å². The van der Waals surface area contributed by atoms with E-state index < -0.39 is 0 Å². The van der Waals surface area contributed by atoms with E-state index in [4.69, 9.17) is 0 Å². The highest BCUT2D eigenvalue weighted by molar-refractivity contribution is 4.90. The van der Waals surface area contributed by atoms with E-state index in [1.807, 2.05) is 0 Å². The van der Waals surface area contributed by atoms with Crippen LogP contribution in [0, 0.1) is 11.8 Å². The molecule has 0 saturated heterocycles. The van der Waals surface area contributed by atoms with Crippen LogP contribution in [-0.4, -0.2) is 0 Å². The molecular formula is C13H26. The first-order valence-corrected chi connectivity index (χ1v) is 5.89. The van der Waals surface area contributed by atoms with Gasteiger partial charge in [0.25, 0.3) is 0 Å². The van der Waals surface area contributed by atoms with Gasteiger partial charge in [0.2, 0.25) is 0 Å². The second-order valence-electron chi connectivity index (χ2n) is 4.32. The van der Waals surface area contributed by atoms with Crippen molar-refractivity contribution < 1.29 is 0 Å². The fourth-order valence-electron chi connectivity index (χ4n) is 1.55. The van der Waals surface area contributed by atoms with Crippen molar-refractivity contribution in [3.8, 4) is 0 Å². The molecule has 0 aromatic rings. The van der Waals surface area contributed by atoms with Gasteiger partial charge < -0.3 is 0 Å². The molecular weight excluding hydrogens is 156 g/mol. The monoisotopic (exact) mass is 182 g/mol. The predicted octanol–water partition coefficient (Wildman–Crippen LogP) is 4.81. The van der Waals surface area contributed by atoms with Crippen molar-refractivity contribution in [2.75, 3.05) is 0 Å². The normalized spacial score (nSPS) is 14.2. The fourth-order valence-corrected chi connectivity index (χ4v) is 1.55. The summed E-state index contributed by atoms with van der Waals surface area (Å²) in [6.45, 7) is 9.05. The first-order chi connectivity index (χ1) is 6.20. The lowest BCUT2D eigenvalue weighted by Gasteiger charge is -2.10. The lowest BCUT2D eigenvalue weighted by atomic mass is 9.95. The van der Waals surface area contributed by atoms with Gasteiger partial charge >= 0.3 is 0 Å². The minimum absolute atomic E-state index is 0.709. The van der Waals surface area contributed by atoms with Crippen LogP contribution >= 0.6 is 0 Å². The molecule has 0 fully saturated rings. The van der Waals surface area contributed by atoms with Gasteiger partial charge in [-0.3, -0.25) is 0 Å². The Morgan fingerprint density at radius 3 is 2.08 bits per heavy atom. The van der Waals surface area contributed by atoms with Crippen LogP contribution in [0.1, 0.15) is 59.8 Å². The first kappa shape index (κ1) is 12.7. The lowest BCUT2D eigenvalue weighted by molar-refractivity contribution is 0.509. The van der Waals surface area contributed by atoms with E-state index >= 15 is 0 Å². The standard InChI is InChI=1S/C13H26/c1-5-7-9-13(8-6-2)11-10-12(3)4/h10-13H,5-9H2,1-4H3. The van der Waals surface area contributed by atoms with Crippen LogP contribution in [0.25, 0.3) is 0 Å². The number of allylic oxidation sites excluding steroid dienone is 2. The SMILES string of the molecule is CCCCC(C=CC(C)C)CCC. The summed E-state index contributed by atoms with van der Waals surface area (Å²) in [6, 6.07) is 0. The second-order valence-corrected chi connectivity index (χ2v) is 4.32. The number of unbranched alkanes of at least 4 members (excludes halogenated alkanes) is 1. The maximum atomic E-state index is 2.43. The van der Waals surface area contributed by atoms with Gasteiger partial charge in [0.15, 0.2) is 0 Å². The van der Waals surface area contributed by atoms with Crippen LogP contribution in [0.5, 0.6) is 0 Å². The minimum Gasteiger partial charge on any atom is -0.0857 e. The Bertz CT molecular complexity index is 122. The maximum absolute atomic E-state index is 2.43. The second kappa shape index (κ2) is 8.34. The first-order valence-electron chi connectivity index (χ1n) is 5.89. The minimum atomic E-state index is 0.709. The third-order valence-electron chi connectivity index (χ3n) is 2.36. The van der Waals surface area contributed by atoms with Crippen molar-refractivity contribution >= 4 is 0 Å². The molecule has 0 saturated carbocycles.